The van der Waals surface area contributed by atoms with Gasteiger partial charge < -0.3 is 4.42 Å². The molecule has 0 aliphatic carbocycles. The Kier molecular flexibility index (Phi) is 4.10. The van der Waals surface area contributed by atoms with E-state index in [-0.39, 0.29) is 5.69 Å². The number of nitrogens with zero attached hydrogens (tertiary/aromatic N) is 4. The number of non-ortho nitro benzene ring substituents is 1. The summed E-state index contributed by atoms with van der Waals surface area (Å²) < 4.78 is 5.77. The Labute approximate surface area is 152 Å². The summed E-state index contributed by atoms with van der Waals surface area (Å²) in [4.78, 5) is 15.6. The lowest BCUT2D eigenvalue weighted by Gasteiger charge is -2.04. The molecule has 26 heavy (non-hydrogen) atoms. The van der Waals surface area contributed by atoms with E-state index >= 15 is 0 Å². The molecule has 8 heteroatoms. The van der Waals surface area contributed by atoms with Gasteiger partial charge in [-0.25, -0.2) is 0 Å². The van der Waals surface area contributed by atoms with E-state index in [1.165, 1.54) is 24.0 Å². The van der Waals surface area contributed by atoms with Crippen molar-refractivity contribution >= 4 is 28.2 Å². The molecule has 2 heterocycles. The van der Waals surface area contributed by atoms with Gasteiger partial charge in [-0.3, -0.25) is 15.1 Å². The summed E-state index contributed by atoms with van der Waals surface area (Å²) in [5, 5.41) is 21.0. The minimum atomic E-state index is -0.415. The number of fused-ring (bicyclic) bond motifs is 1. The van der Waals surface area contributed by atoms with Crippen molar-refractivity contribution in [3.05, 3.63) is 70.5 Å². The quantitative estimate of drug-likeness (QED) is 0.384. The lowest BCUT2D eigenvalue weighted by atomic mass is 10.1. The van der Waals surface area contributed by atoms with Crippen LogP contribution in [-0.2, 0) is 0 Å². The fraction of sp³-hybridized carbons (Fsp3) is 0.0556. The molecule has 0 unspecified atom stereocenters. The SMILES string of the molecule is Cc1ccccc1-c1nnc(Sc2ccc([N+](=O)[O-])c3cnccc23)o1. The number of rotatable bonds is 4. The number of nitro benzene ring substituents is 1. The number of aromatic nitrogens is 3. The molecule has 2 aromatic carbocycles. The van der Waals surface area contributed by atoms with E-state index < -0.39 is 4.92 Å². The molecule has 0 aliphatic rings. The van der Waals surface area contributed by atoms with Crippen LogP contribution >= 0.6 is 11.8 Å². The zero-order chi connectivity index (χ0) is 18.1. The minimum absolute atomic E-state index is 0.0172. The molecule has 7 nitrogen and oxygen atoms in total. The zero-order valence-corrected chi connectivity index (χ0v) is 14.4. The summed E-state index contributed by atoms with van der Waals surface area (Å²) >= 11 is 1.27. The molecule has 0 N–H and O–H groups in total. The van der Waals surface area contributed by atoms with Gasteiger partial charge >= 0.3 is 0 Å². The predicted molar refractivity (Wildman–Crippen MR) is 97.0 cm³/mol. The molecule has 2 aromatic heterocycles. The second kappa shape index (κ2) is 6.57. The fourth-order valence-electron chi connectivity index (χ4n) is 2.66. The highest BCUT2D eigenvalue weighted by atomic mass is 32.2. The van der Waals surface area contributed by atoms with Crippen LogP contribution in [0.5, 0.6) is 0 Å². The molecule has 4 rings (SSSR count). The van der Waals surface area contributed by atoms with Gasteiger partial charge in [-0.05, 0) is 42.4 Å². The number of hydrogen-bond donors (Lipinski definition) is 0. The van der Waals surface area contributed by atoms with Gasteiger partial charge in [-0.1, -0.05) is 18.2 Å². The van der Waals surface area contributed by atoms with E-state index in [4.69, 9.17) is 4.42 Å². The van der Waals surface area contributed by atoms with E-state index in [2.05, 4.69) is 15.2 Å². The first-order valence-corrected chi connectivity index (χ1v) is 8.53. The Bertz CT molecular complexity index is 1130. The maximum absolute atomic E-state index is 11.2. The van der Waals surface area contributed by atoms with E-state index in [0.29, 0.717) is 16.5 Å². The molecule has 0 aliphatic heterocycles. The van der Waals surface area contributed by atoms with Crippen LogP contribution in [0, 0.1) is 17.0 Å². The van der Waals surface area contributed by atoms with Gasteiger partial charge in [0.25, 0.3) is 10.9 Å². The van der Waals surface area contributed by atoms with Crippen LogP contribution in [0.15, 0.2) is 69.4 Å². The van der Waals surface area contributed by atoms with Crippen LogP contribution in [0.2, 0.25) is 0 Å². The van der Waals surface area contributed by atoms with Crippen molar-refractivity contribution in [2.75, 3.05) is 0 Å². The Balaban J connectivity index is 1.72. The summed E-state index contributed by atoms with van der Waals surface area (Å²) in [6.45, 7) is 1.98. The van der Waals surface area contributed by atoms with E-state index in [1.807, 2.05) is 31.2 Å². The molecule has 0 atom stereocenters. The largest absolute Gasteiger partial charge is 0.411 e. The van der Waals surface area contributed by atoms with E-state index in [1.54, 1.807) is 18.3 Å². The van der Waals surface area contributed by atoms with Crippen molar-refractivity contribution in [2.45, 2.75) is 17.0 Å². The van der Waals surface area contributed by atoms with Gasteiger partial charge in [0.1, 0.15) is 0 Å². The van der Waals surface area contributed by atoms with Crippen molar-refractivity contribution in [3.8, 4) is 11.5 Å². The Morgan fingerprint density at radius 3 is 2.73 bits per heavy atom. The maximum Gasteiger partial charge on any atom is 0.281 e. The number of benzene rings is 2. The van der Waals surface area contributed by atoms with Crippen LogP contribution in [0.4, 0.5) is 5.69 Å². The smallest absolute Gasteiger partial charge is 0.281 e. The maximum atomic E-state index is 11.2. The van der Waals surface area contributed by atoms with Gasteiger partial charge in [0.15, 0.2) is 0 Å². The summed E-state index contributed by atoms with van der Waals surface area (Å²) in [5.41, 5.74) is 1.94. The lowest BCUT2D eigenvalue weighted by Crippen LogP contribution is -1.91. The average molecular weight is 364 g/mol. The van der Waals surface area contributed by atoms with Gasteiger partial charge in [0.2, 0.25) is 5.89 Å². The average Bonchev–Trinajstić information content (AvgIpc) is 3.10. The molecular formula is C18H12N4O3S. The summed E-state index contributed by atoms with van der Waals surface area (Å²) in [6, 6.07) is 12.6. The van der Waals surface area contributed by atoms with Gasteiger partial charge in [-0.2, -0.15) is 0 Å². The molecule has 0 spiro atoms. The first-order chi connectivity index (χ1) is 12.6. The third-order valence-corrected chi connectivity index (χ3v) is 4.85. The monoisotopic (exact) mass is 364 g/mol. The van der Waals surface area contributed by atoms with Crippen LogP contribution < -0.4 is 0 Å². The van der Waals surface area contributed by atoms with Crippen LogP contribution in [0.1, 0.15) is 5.56 Å². The third-order valence-electron chi connectivity index (χ3n) is 3.93. The van der Waals surface area contributed by atoms with E-state index in [9.17, 15) is 10.1 Å². The highest BCUT2D eigenvalue weighted by Crippen LogP contribution is 2.37. The number of pyridine rings is 1. The standard InChI is InChI=1S/C18H12N4O3S/c1-11-4-2-3-5-12(11)17-20-21-18(25-17)26-16-7-6-15(22(23)24)14-10-19-9-8-13(14)16/h2-10H,1H3. The highest BCUT2D eigenvalue weighted by molar-refractivity contribution is 7.99. The number of aryl methyl sites for hydroxylation is 1. The number of hydrogen-bond acceptors (Lipinski definition) is 7. The topological polar surface area (TPSA) is 95.0 Å². The van der Waals surface area contributed by atoms with Crippen molar-refractivity contribution in [2.24, 2.45) is 0 Å². The molecular weight excluding hydrogens is 352 g/mol. The lowest BCUT2D eigenvalue weighted by molar-refractivity contribution is -0.383. The molecule has 0 saturated heterocycles. The van der Waals surface area contributed by atoms with Gasteiger partial charge in [0.05, 0.1) is 10.3 Å². The van der Waals surface area contributed by atoms with Crippen LogP contribution in [0.25, 0.3) is 22.2 Å². The first-order valence-electron chi connectivity index (χ1n) is 7.72. The molecule has 0 fully saturated rings. The van der Waals surface area contributed by atoms with Crippen molar-refractivity contribution in [3.63, 3.8) is 0 Å². The summed E-state index contributed by atoms with van der Waals surface area (Å²) in [7, 11) is 0. The highest BCUT2D eigenvalue weighted by Gasteiger charge is 2.17. The molecule has 128 valence electrons. The zero-order valence-electron chi connectivity index (χ0n) is 13.6. The van der Waals surface area contributed by atoms with Crippen molar-refractivity contribution in [1.29, 1.82) is 0 Å². The minimum Gasteiger partial charge on any atom is -0.411 e. The molecule has 0 saturated carbocycles. The molecule has 0 bridgehead atoms. The summed E-state index contributed by atoms with van der Waals surface area (Å²) in [5.74, 6) is 0.443. The Morgan fingerprint density at radius 2 is 1.92 bits per heavy atom. The van der Waals surface area contributed by atoms with Crippen molar-refractivity contribution < 1.29 is 9.34 Å². The normalized spacial score (nSPS) is 11.0. The Morgan fingerprint density at radius 1 is 1.08 bits per heavy atom. The third kappa shape index (κ3) is 2.91. The predicted octanol–water partition coefficient (Wildman–Crippen LogP) is 4.65. The van der Waals surface area contributed by atoms with E-state index in [0.717, 1.165) is 21.4 Å². The number of nitro groups is 1. The second-order valence-electron chi connectivity index (χ2n) is 5.55. The molecule has 0 radical (unpaired) electrons. The van der Waals surface area contributed by atoms with Crippen LogP contribution in [-0.4, -0.2) is 20.1 Å². The van der Waals surface area contributed by atoms with Crippen molar-refractivity contribution in [1.82, 2.24) is 15.2 Å². The second-order valence-corrected chi connectivity index (χ2v) is 6.54. The fourth-order valence-corrected chi connectivity index (χ4v) is 3.48. The Hall–Kier alpha value is -3.26. The van der Waals surface area contributed by atoms with Gasteiger partial charge in [0, 0.05) is 34.3 Å². The molecule has 4 aromatic rings. The first kappa shape index (κ1) is 16.2. The van der Waals surface area contributed by atoms with Gasteiger partial charge in [-0.15, -0.1) is 10.2 Å². The summed E-state index contributed by atoms with van der Waals surface area (Å²) in [6.07, 6.45) is 3.09. The molecule has 0 amide bonds. The van der Waals surface area contributed by atoms with Crippen LogP contribution in [0.3, 0.4) is 0 Å².